The van der Waals surface area contributed by atoms with Crippen molar-refractivity contribution in [2.24, 2.45) is 0 Å². The number of hydrogen-bond donors (Lipinski definition) is 1. The number of H-pyrrole nitrogens is 1. The van der Waals surface area contributed by atoms with Crippen LogP contribution in [0.2, 0.25) is 0 Å². The number of benzene rings is 3. The first-order valence-corrected chi connectivity index (χ1v) is 11.8. The summed E-state index contributed by atoms with van der Waals surface area (Å²) < 4.78 is 13.8. The molecular formula is C31H31FN2. The summed E-state index contributed by atoms with van der Waals surface area (Å²) in [7, 11) is 0. The summed E-state index contributed by atoms with van der Waals surface area (Å²) in [5.74, 6) is -0.290. The molecule has 172 valence electrons. The van der Waals surface area contributed by atoms with Crippen molar-refractivity contribution in [1.82, 2.24) is 9.97 Å². The van der Waals surface area contributed by atoms with Crippen LogP contribution < -0.4 is 0 Å². The van der Waals surface area contributed by atoms with Crippen LogP contribution in [-0.2, 0) is 10.8 Å². The molecule has 0 bridgehead atoms. The van der Waals surface area contributed by atoms with Crippen LogP contribution in [-0.4, -0.2) is 9.97 Å². The Labute approximate surface area is 200 Å². The van der Waals surface area contributed by atoms with E-state index < -0.39 is 0 Å². The molecular weight excluding hydrogens is 419 g/mol. The van der Waals surface area contributed by atoms with Crippen molar-refractivity contribution in [2.45, 2.75) is 52.4 Å². The van der Waals surface area contributed by atoms with Gasteiger partial charge in [0.05, 0.1) is 11.4 Å². The third kappa shape index (κ3) is 4.00. The van der Waals surface area contributed by atoms with E-state index in [1.165, 1.54) is 56.6 Å². The molecule has 3 aromatic carbocycles. The molecule has 5 aromatic rings. The van der Waals surface area contributed by atoms with E-state index in [1.807, 2.05) is 6.07 Å². The molecule has 0 saturated heterocycles. The SMILES string of the molecule is CC(C)(C)c1ccc2c(-c3ccc(-c4cc(F)ccn4)[nH]3)c3cc(C(C)(C)C)ccc3cc2c1. The summed E-state index contributed by atoms with van der Waals surface area (Å²) >= 11 is 0. The smallest absolute Gasteiger partial charge is 0.126 e. The molecule has 0 aliphatic heterocycles. The van der Waals surface area contributed by atoms with Gasteiger partial charge in [0.25, 0.3) is 0 Å². The molecule has 5 rings (SSSR count). The van der Waals surface area contributed by atoms with E-state index in [2.05, 4.69) is 100 Å². The molecule has 0 amide bonds. The molecule has 0 aliphatic carbocycles. The van der Waals surface area contributed by atoms with Crippen LogP contribution >= 0.6 is 0 Å². The van der Waals surface area contributed by atoms with Gasteiger partial charge in [-0.2, -0.15) is 0 Å². The Hall–Kier alpha value is -3.46. The second kappa shape index (κ2) is 7.80. The molecule has 2 aromatic heterocycles. The number of rotatable bonds is 2. The Morgan fingerprint density at radius 3 is 2.03 bits per heavy atom. The Morgan fingerprint density at radius 2 is 1.32 bits per heavy atom. The second-order valence-corrected chi connectivity index (χ2v) is 11.3. The van der Waals surface area contributed by atoms with Crippen LogP contribution in [0.3, 0.4) is 0 Å². The maximum absolute atomic E-state index is 13.8. The standard InChI is InChI=1S/C31H31FN2/c1-30(2,3)21-9-10-24-20(16-21)15-19-7-8-22(31(4,5)6)17-25(19)29(24)27-12-11-26(34-27)28-18-23(32)13-14-33-28/h7-18,34H,1-6H3. The molecule has 0 saturated carbocycles. The minimum absolute atomic E-state index is 0.0445. The first-order valence-electron chi connectivity index (χ1n) is 11.8. The van der Waals surface area contributed by atoms with Crippen LogP contribution in [0.1, 0.15) is 52.7 Å². The van der Waals surface area contributed by atoms with Crippen molar-refractivity contribution in [1.29, 1.82) is 0 Å². The fourth-order valence-corrected chi connectivity index (χ4v) is 4.59. The minimum Gasteiger partial charge on any atom is -0.353 e. The van der Waals surface area contributed by atoms with E-state index in [4.69, 9.17) is 0 Å². The number of aromatic amines is 1. The fourth-order valence-electron chi connectivity index (χ4n) is 4.59. The quantitative estimate of drug-likeness (QED) is 0.267. The molecule has 2 heterocycles. The number of aromatic nitrogens is 2. The Bertz CT molecular complexity index is 1530. The van der Waals surface area contributed by atoms with Gasteiger partial charge in [-0.1, -0.05) is 71.9 Å². The van der Waals surface area contributed by atoms with Gasteiger partial charge in [0, 0.05) is 23.5 Å². The normalized spacial score (nSPS) is 12.6. The zero-order chi connectivity index (χ0) is 24.3. The van der Waals surface area contributed by atoms with Gasteiger partial charge in [-0.3, -0.25) is 4.98 Å². The minimum atomic E-state index is -0.290. The number of halogens is 1. The van der Waals surface area contributed by atoms with E-state index in [9.17, 15) is 4.39 Å². The summed E-state index contributed by atoms with van der Waals surface area (Å²) in [6.45, 7) is 13.5. The first kappa shape index (κ1) is 22.3. The molecule has 0 radical (unpaired) electrons. The van der Waals surface area contributed by atoms with Gasteiger partial charge >= 0.3 is 0 Å². The van der Waals surface area contributed by atoms with Crippen LogP contribution in [0.5, 0.6) is 0 Å². The van der Waals surface area contributed by atoms with Gasteiger partial charge in [0.1, 0.15) is 5.82 Å². The van der Waals surface area contributed by atoms with Crippen molar-refractivity contribution in [3.05, 3.63) is 89.9 Å². The van der Waals surface area contributed by atoms with Crippen molar-refractivity contribution in [3.63, 3.8) is 0 Å². The highest BCUT2D eigenvalue weighted by atomic mass is 19.1. The van der Waals surface area contributed by atoms with E-state index in [-0.39, 0.29) is 16.6 Å². The maximum atomic E-state index is 13.8. The van der Waals surface area contributed by atoms with Crippen LogP contribution in [0.15, 0.2) is 72.9 Å². The molecule has 0 unspecified atom stereocenters. The number of nitrogens with zero attached hydrogens (tertiary/aromatic N) is 1. The average molecular weight is 451 g/mol. The molecule has 3 heteroatoms. The molecule has 0 spiro atoms. The average Bonchev–Trinajstić information content (AvgIpc) is 3.25. The predicted molar refractivity (Wildman–Crippen MR) is 142 cm³/mol. The van der Waals surface area contributed by atoms with Crippen LogP contribution in [0.4, 0.5) is 4.39 Å². The predicted octanol–water partition coefficient (Wildman–Crippen LogP) is 8.78. The van der Waals surface area contributed by atoms with Gasteiger partial charge in [0.2, 0.25) is 0 Å². The number of nitrogens with one attached hydrogen (secondary N) is 1. The van der Waals surface area contributed by atoms with E-state index >= 15 is 0 Å². The summed E-state index contributed by atoms with van der Waals surface area (Å²) in [6, 6.07) is 22.8. The van der Waals surface area contributed by atoms with Gasteiger partial charge < -0.3 is 4.98 Å². The number of hydrogen-bond acceptors (Lipinski definition) is 1. The monoisotopic (exact) mass is 450 g/mol. The summed E-state index contributed by atoms with van der Waals surface area (Å²) in [4.78, 5) is 7.89. The van der Waals surface area contributed by atoms with Crippen molar-refractivity contribution < 1.29 is 4.39 Å². The van der Waals surface area contributed by atoms with Crippen molar-refractivity contribution in [3.8, 4) is 22.6 Å². The second-order valence-electron chi connectivity index (χ2n) is 11.3. The van der Waals surface area contributed by atoms with E-state index in [1.54, 1.807) is 0 Å². The van der Waals surface area contributed by atoms with E-state index in [0.717, 1.165) is 11.4 Å². The molecule has 0 fully saturated rings. The third-order valence-electron chi connectivity index (χ3n) is 6.64. The van der Waals surface area contributed by atoms with Gasteiger partial charge in [-0.15, -0.1) is 0 Å². The Balaban J connectivity index is 1.81. The van der Waals surface area contributed by atoms with Gasteiger partial charge in [-0.05, 0) is 73.8 Å². The van der Waals surface area contributed by atoms with Crippen molar-refractivity contribution >= 4 is 21.5 Å². The number of pyridine rings is 1. The van der Waals surface area contributed by atoms with Crippen molar-refractivity contribution in [2.75, 3.05) is 0 Å². The third-order valence-corrected chi connectivity index (χ3v) is 6.64. The summed E-state index contributed by atoms with van der Waals surface area (Å²) in [6.07, 6.45) is 1.50. The van der Waals surface area contributed by atoms with Gasteiger partial charge in [-0.25, -0.2) is 4.39 Å². The van der Waals surface area contributed by atoms with Crippen LogP contribution in [0.25, 0.3) is 44.2 Å². The molecule has 2 nitrogen and oxygen atoms in total. The Kier molecular flexibility index (Phi) is 5.12. The molecule has 34 heavy (non-hydrogen) atoms. The summed E-state index contributed by atoms with van der Waals surface area (Å²) in [5, 5.41) is 4.84. The lowest BCUT2D eigenvalue weighted by Gasteiger charge is -2.22. The van der Waals surface area contributed by atoms with Crippen LogP contribution in [0, 0.1) is 5.82 Å². The molecule has 0 atom stereocenters. The lowest BCUT2D eigenvalue weighted by Crippen LogP contribution is -2.11. The Morgan fingerprint density at radius 1 is 0.647 bits per heavy atom. The van der Waals surface area contributed by atoms with Gasteiger partial charge in [0.15, 0.2) is 0 Å². The fraction of sp³-hybridized carbons (Fsp3) is 0.258. The summed E-state index contributed by atoms with van der Waals surface area (Å²) in [5.41, 5.74) is 6.30. The highest BCUT2D eigenvalue weighted by Gasteiger charge is 2.19. The highest BCUT2D eigenvalue weighted by Crippen LogP contribution is 2.40. The highest BCUT2D eigenvalue weighted by molar-refractivity contribution is 6.12. The first-order chi connectivity index (χ1) is 16.0. The molecule has 0 aliphatic rings. The lowest BCUT2D eigenvalue weighted by atomic mass is 9.82. The largest absolute Gasteiger partial charge is 0.353 e. The van der Waals surface area contributed by atoms with E-state index in [0.29, 0.717) is 5.69 Å². The lowest BCUT2D eigenvalue weighted by molar-refractivity contribution is 0.590. The zero-order valence-electron chi connectivity index (χ0n) is 20.8. The topological polar surface area (TPSA) is 28.7 Å². The zero-order valence-corrected chi connectivity index (χ0v) is 20.8. The number of fused-ring (bicyclic) bond motifs is 2. The molecule has 1 N–H and O–H groups in total. The maximum Gasteiger partial charge on any atom is 0.126 e.